The van der Waals surface area contributed by atoms with Crippen molar-refractivity contribution < 1.29 is 0 Å². The van der Waals surface area contributed by atoms with Crippen LogP contribution in [0.1, 0.15) is 39.1 Å². The number of nitrogens with one attached hydrogen (secondary N) is 1. The van der Waals surface area contributed by atoms with E-state index in [4.69, 9.17) is 0 Å². The van der Waals surface area contributed by atoms with Crippen LogP contribution in [-0.2, 0) is 6.54 Å². The van der Waals surface area contributed by atoms with Crippen LogP contribution in [0.5, 0.6) is 0 Å². The molecule has 1 aliphatic heterocycles. The number of piperazine rings is 1. The van der Waals surface area contributed by atoms with Gasteiger partial charge in [0.1, 0.15) is 12.2 Å². The predicted octanol–water partition coefficient (Wildman–Crippen LogP) is 1.04. The summed E-state index contributed by atoms with van der Waals surface area (Å²) in [6.07, 6.45) is 2.85. The third kappa shape index (κ3) is 3.04. The highest BCUT2D eigenvalue weighted by Crippen LogP contribution is 2.10. The monoisotopic (exact) mass is 237 g/mol. The lowest BCUT2D eigenvalue weighted by Crippen LogP contribution is -2.50. The van der Waals surface area contributed by atoms with Crippen molar-refractivity contribution in [2.45, 2.75) is 45.8 Å². The molecule has 0 aromatic carbocycles. The quantitative estimate of drug-likeness (QED) is 0.850. The Morgan fingerprint density at radius 1 is 1.53 bits per heavy atom. The summed E-state index contributed by atoms with van der Waals surface area (Å²) in [7, 11) is 0. The van der Waals surface area contributed by atoms with Gasteiger partial charge in [-0.3, -0.25) is 4.90 Å². The highest BCUT2D eigenvalue weighted by atomic mass is 15.4. The highest BCUT2D eigenvalue weighted by molar-refractivity contribution is 4.89. The molecule has 5 nitrogen and oxygen atoms in total. The van der Waals surface area contributed by atoms with E-state index < -0.39 is 0 Å². The van der Waals surface area contributed by atoms with Gasteiger partial charge in [-0.25, -0.2) is 9.67 Å². The van der Waals surface area contributed by atoms with Crippen molar-refractivity contribution in [3.8, 4) is 0 Å². The first-order valence-corrected chi connectivity index (χ1v) is 6.54. The fraction of sp³-hybridized carbons (Fsp3) is 0.833. The molecule has 2 heterocycles. The van der Waals surface area contributed by atoms with E-state index in [0.717, 1.165) is 32.0 Å². The van der Waals surface area contributed by atoms with Crippen molar-refractivity contribution in [1.82, 2.24) is 25.0 Å². The van der Waals surface area contributed by atoms with Crippen LogP contribution in [-0.4, -0.2) is 45.3 Å². The van der Waals surface area contributed by atoms with Crippen molar-refractivity contribution in [2.75, 3.05) is 19.6 Å². The molecule has 1 saturated heterocycles. The van der Waals surface area contributed by atoms with Gasteiger partial charge in [0.25, 0.3) is 0 Å². The van der Waals surface area contributed by atoms with E-state index in [2.05, 4.69) is 41.1 Å². The molecule has 96 valence electrons. The number of aromatic nitrogens is 3. The maximum absolute atomic E-state index is 4.37. The van der Waals surface area contributed by atoms with E-state index in [9.17, 15) is 0 Å². The second kappa shape index (κ2) is 5.60. The van der Waals surface area contributed by atoms with Crippen molar-refractivity contribution >= 4 is 0 Å². The number of nitrogens with zero attached hydrogens (tertiary/aromatic N) is 4. The highest BCUT2D eigenvalue weighted by Gasteiger charge is 2.19. The second-order valence-electron chi connectivity index (χ2n) is 5.01. The molecule has 1 N–H and O–H groups in total. The number of rotatable bonds is 4. The molecular weight excluding hydrogens is 214 g/mol. The summed E-state index contributed by atoms with van der Waals surface area (Å²) in [6.45, 7) is 10.7. The van der Waals surface area contributed by atoms with E-state index >= 15 is 0 Å². The summed E-state index contributed by atoms with van der Waals surface area (Å²) in [6, 6.07) is 1.01. The molecule has 0 radical (unpaired) electrons. The van der Waals surface area contributed by atoms with Gasteiger partial charge in [-0.1, -0.05) is 6.92 Å². The van der Waals surface area contributed by atoms with Crippen LogP contribution in [0.4, 0.5) is 0 Å². The first kappa shape index (κ1) is 12.5. The minimum absolute atomic E-state index is 0.386. The Kier molecular flexibility index (Phi) is 4.12. The Bertz CT molecular complexity index is 346. The molecule has 1 atom stereocenters. The van der Waals surface area contributed by atoms with Crippen molar-refractivity contribution in [3.05, 3.63) is 12.2 Å². The van der Waals surface area contributed by atoms with Gasteiger partial charge in [-0.2, -0.15) is 5.10 Å². The summed E-state index contributed by atoms with van der Waals surface area (Å²) in [5, 5.41) is 7.81. The Hall–Kier alpha value is -0.940. The van der Waals surface area contributed by atoms with Crippen molar-refractivity contribution in [2.24, 2.45) is 0 Å². The summed E-state index contributed by atoms with van der Waals surface area (Å²) in [5.41, 5.74) is 0. The molecule has 0 spiro atoms. The molecule has 1 fully saturated rings. The lowest BCUT2D eigenvalue weighted by atomic mass is 10.1. The normalized spacial score (nSPS) is 22.2. The SMILES string of the molecule is CCC1CN(Cc2ncnn2C(C)C)CCN1. The third-order valence-corrected chi connectivity index (χ3v) is 3.33. The number of hydrogen-bond donors (Lipinski definition) is 1. The standard InChI is InChI=1S/C12H23N5/c1-4-11-7-16(6-5-13-11)8-12-14-9-15-17(12)10(2)3/h9-11,13H,4-8H2,1-3H3. The average molecular weight is 237 g/mol. The molecule has 1 aromatic rings. The maximum Gasteiger partial charge on any atom is 0.141 e. The van der Waals surface area contributed by atoms with Gasteiger partial charge in [0.2, 0.25) is 0 Å². The molecule has 1 aliphatic rings. The summed E-state index contributed by atoms with van der Waals surface area (Å²) < 4.78 is 2.02. The van der Waals surface area contributed by atoms with Gasteiger partial charge < -0.3 is 5.32 Å². The van der Waals surface area contributed by atoms with E-state index in [-0.39, 0.29) is 0 Å². The summed E-state index contributed by atoms with van der Waals surface area (Å²) in [5.74, 6) is 1.08. The van der Waals surface area contributed by atoms with Gasteiger partial charge in [0.05, 0.1) is 6.54 Å². The predicted molar refractivity (Wildman–Crippen MR) is 67.8 cm³/mol. The summed E-state index contributed by atoms with van der Waals surface area (Å²) in [4.78, 5) is 6.84. The molecule has 1 aromatic heterocycles. The zero-order valence-electron chi connectivity index (χ0n) is 11.1. The van der Waals surface area contributed by atoms with E-state index in [1.807, 2.05) is 4.68 Å². The smallest absolute Gasteiger partial charge is 0.141 e. The van der Waals surface area contributed by atoms with E-state index in [0.29, 0.717) is 12.1 Å². The third-order valence-electron chi connectivity index (χ3n) is 3.33. The van der Waals surface area contributed by atoms with Crippen molar-refractivity contribution in [1.29, 1.82) is 0 Å². The first-order valence-electron chi connectivity index (χ1n) is 6.54. The molecule has 0 bridgehead atoms. The van der Waals surface area contributed by atoms with Crippen LogP contribution in [0.15, 0.2) is 6.33 Å². The van der Waals surface area contributed by atoms with Crippen LogP contribution in [0, 0.1) is 0 Å². The van der Waals surface area contributed by atoms with Crippen molar-refractivity contribution in [3.63, 3.8) is 0 Å². The van der Waals surface area contributed by atoms with Gasteiger partial charge in [-0.05, 0) is 20.3 Å². The van der Waals surface area contributed by atoms with E-state index in [1.165, 1.54) is 6.42 Å². The zero-order chi connectivity index (χ0) is 12.3. The fourth-order valence-electron chi connectivity index (χ4n) is 2.33. The van der Waals surface area contributed by atoms with E-state index in [1.54, 1.807) is 6.33 Å². The summed E-state index contributed by atoms with van der Waals surface area (Å²) >= 11 is 0. The first-order chi connectivity index (χ1) is 8.20. The van der Waals surface area contributed by atoms with Crippen LogP contribution in [0.25, 0.3) is 0 Å². The van der Waals surface area contributed by atoms with Crippen LogP contribution < -0.4 is 5.32 Å². The molecule has 5 heteroatoms. The lowest BCUT2D eigenvalue weighted by Gasteiger charge is -2.33. The Morgan fingerprint density at radius 3 is 3.06 bits per heavy atom. The largest absolute Gasteiger partial charge is 0.311 e. The molecule has 2 rings (SSSR count). The van der Waals surface area contributed by atoms with Crippen LogP contribution in [0.2, 0.25) is 0 Å². The number of hydrogen-bond acceptors (Lipinski definition) is 4. The Morgan fingerprint density at radius 2 is 2.35 bits per heavy atom. The van der Waals surface area contributed by atoms with Crippen LogP contribution in [0.3, 0.4) is 0 Å². The Labute approximate surface area is 103 Å². The topological polar surface area (TPSA) is 46.0 Å². The molecule has 1 unspecified atom stereocenters. The molecule has 17 heavy (non-hydrogen) atoms. The average Bonchev–Trinajstić information content (AvgIpc) is 2.77. The fourth-order valence-corrected chi connectivity index (χ4v) is 2.33. The minimum atomic E-state index is 0.386. The van der Waals surface area contributed by atoms with Crippen LogP contribution >= 0.6 is 0 Å². The van der Waals surface area contributed by atoms with Gasteiger partial charge in [-0.15, -0.1) is 0 Å². The molecule has 0 saturated carbocycles. The Balaban J connectivity index is 1.98. The minimum Gasteiger partial charge on any atom is -0.311 e. The van der Waals surface area contributed by atoms with Gasteiger partial charge in [0, 0.05) is 31.7 Å². The maximum atomic E-state index is 4.37. The molecule has 0 aliphatic carbocycles. The van der Waals surface area contributed by atoms with Gasteiger partial charge >= 0.3 is 0 Å². The molecular formula is C12H23N5. The second-order valence-corrected chi connectivity index (χ2v) is 5.01. The zero-order valence-corrected chi connectivity index (χ0v) is 11.1. The molecule has 0 amide bonds. The van der Waals surface area contributed by atoms with Gasteiger partial charge in [0.15, 0.2) is 0 Å². The lowest BCUT2D eigenvalue weighted by molar-refractivity contribution is 0.182.